The molecule has 2 aliphatic heterocycles. The normalized spacial score (nSPS) is 20.5. The van der Waals surface area contributed by atoms with Gasteiger partial charge in [0.15, 0.2) is 5.71 Å². The van der Waals surface area contributed by atoms with E-state index in [1.165, 1.54) is 36.4 Å². The van der Waals surface area contributed by atoms with Crippen LogP contribution in [0.3, 0.4) is 0 Å². The van der Waals surface area contributed by atoms with Crippen molar-refractivity contribution >= 4 is 65.1 Å². The van der Waals surface area contributed by atoms with Gasteiger partial charge in [-0.2, -0.15) is 43.0 Å². The smallest absolute Gasteiger partial charge is 0.451 e. The summed E-state index contributed by atoms with van der Waals surface area (Å²) in [4.78, 5) is 40.5. The third kappa shape index (κ3) is 12.6. The van der Waals surface area contributed by atoms with Gasteiger partial charge in [0.25, 0.3) is 36.1 Å². The number of amides is 1. The first-order chi connectivity index (χ1) is 31.3. The Kier molecular flexibility index (Phi) is 16.0. The highest BCUT2D eigenvalue weighted by Gasteiger charge is 2.58. The number of aliphatic carboxylic acids is 1. The molecule has 2 aromatic rings. The molecule has 68 heavy (non-hydrogen) atoms. The first kappa shape index (κ1) is 53.9. The van der Waals surface area contributed by atoms with E-state index in [9.17, 15) is 66.5 Å². The summed E-state index contributed by atoms with van der Waals surface area (Å²) >= 11 is 0. The highest BCUT2D eigenvalue weighted by atomic mass is 32.2. The molecule has 3 aliphatic rings. The van der Waals surface area contributed by atoms with Crippen LogP contribution < -0.4 is 10.2 Å². The van der Waals surface area contributed by atoms with Gasteiger partial charge in [0, 0.05) is 60.4 Å². The Hall–Kier alpha value is -5.00. The maximum absolute atomic E-state index is 14.8. The molecule has 0 radical (unpaired) electrons. The lowest BCUT2D eigenvalue weighted by atomic mass is 9.68. The fourth-order valence-electron chi connectivity index (χ4n) is 9.23. The minimum atomic E-state index is -5.50. The molecule has 372 valence electrons. The molecule has 22 heteroatoms. The zero-order valence-electron chi connectivity index (χ0n) is 38.3. The third-order valence-corrected chi connectivity index (χ3v) is 15.0. The van der Waals surface area contributed by atoms with E-state index >= 15 is 0 Å². The van der Waals surface area contributed by atoms with Gasteiger partial charge >= 0.3 is 12.1 Å². The minimum absolute atomic E-state index is 0.00761. The van der Waals surface area contributed by atoms with E-state index in [1.807, 2.05) is 43.9 Å². The Morgan fingerprint density at radius 2 is 1.47 bits per heavy atom. The molecular weight excluding hydrogens is 956 g/mol. The molecular formula is C46H57F3N3O13S3+. The number of ketones is 1. The number of nitrogens with one attached hydrogen (secondary N) is 1. The molecule has 2 aromatic carbocycles. The van der Waals surface area contributed by atoms with Crippen LogP contribution in [0.1, 0.15) is 95.8 Å². The Labute approximate surface area is 394 Å². The van der Waals surface area contributed by atoms with Crippen molar-refractivity contribution in [3.63, 3.8) is 0 Å². The van der Waals surface area contributed by atoms with E-state index in [2.05, 4.69) is 5.32 Å². The summed E-state index contributed by atoms with van der Waals surface area (Å²) < 4.78 is 146. The number of nitrogens with zero attached hydrogens (tertiary/aromatic N) is 2. The molecule has 0 saturated carbocycles. The number of carbonyl (C=O) groups excluding carboxylic acids is 2. The number of halogens is 3. The van der Waals surface area contributed by atoms with Crippen LogP contribution in [-0.2, 0) is 55.6 Å². The summed E-state index contributed by atoms with van der Waals surface area (Å²) in [6.45, 7) is 9.00. The fraction of sp³-hybridized carbons (Fsp3) is 0.478. The molecule has 2 heterocycles. The Morgan fingerprint density at radius 1 is 0.809 bits per heavy atom. The van der Waals surface area contributed by atoms with Gasteiger partial charge < -0.3 is 15.3 Å². The van der Waals surface area contributed by atoms with Crippen molar-refractivity contribution in [1.82, 2.24) is 5.32 Å². The van der Waals surface area contributed by atoms with Crippen molar-refractivity contribution in [2.24, 2.45) is 5.41 Å². The van der Waals surface area contributed by atoms with E-state index < -0.39 is 99.7 Å². The van der Waals surface area contributed by atoms with Crippen LogP contribution in [0.5, 0.6) is 0 Å². The molecule has 0 spiro atoms. The average molecular weight is 1010 g/mol. The highest BCUT2D eigenvalue weighted by molar-refractivity contribution is 7.86. The molecule has 5 rings (SSSR count). The molecule has 1 amide bonds. The highest BCUT2D eigenvalue weighted by Crippen LogP contribution is 2.50. The number of anilines is 1. The van der Waals surface area contributed by atoms with Crippen molar-refractivity contribution in [1.29, 1.82) is 0 Å². The third-order valence-electron chi connectivity index (χ3n) is 12.5. The van der Waals surface area contributed by atoms with Crippen molar-refractivity contribution in [2.75, 3.05) is 36.0 Å². The number of carboxylic acid groups (broad SMARTS) is 1. The monoisotopic (exact) mass is 1010 g/mol. The molecule has 0 aromatic heterocycles. The van der Waals surface area contributed by atoms with E-state index in [1.54, 1.807) is 24.5 Å². The van der Waals surface area contributed by atoms with Gasteiger partial charge in [-0.15, -0.1) is 0 Å². The number of benzene rings is 2. The van der Waals surface area contributed by atoms with Crippen molar-refractivity contribution in [3.8, 4) is 0 Å². The van der Waals surface area contributed by atoms with Gasteiger partial charge in [0.1, 0.15) is 12.0 Å². The quantitative estimate of drug-likeness (QED) is 0.0390. The molecule has 1 atom stereocenters. The van der Waals surface area contributed by atoms with Gasteiger partial charge in [-0.05, 0) is 93.9 Å². The van der Waals surface area contributed by atoms with Crippen LogP contribution >= 0.6 is 0 Å². The van der Waals surface area contributed by atoms with Gasteiger partial charge in [-0.1, -0.05) is 56.2 Å². The minimum Gasteiger partial charge on any atom is -0.481 e. The first-order valence-electron chi connectivity index (χ1n) is 21.8. The molecule has 1 unspecified atom stereocenters. The van der Waals surface area contributed by atoms with Crippen LogP contribution in [0, 0.1) is 12.3 Å². The van der Waals surface area contributed by atoms with E-state index in [-0.39, 0.29) is 62.9 Å². The van der Waals surface area contributed by atoms with E-state index in [4.69, 9.17) is 5.11 Å². The number of hydrogen-bond donors (Lipinski definition) is 5. The largest absolute Gasteiger partial charge is 0.481 e. The predicted molar refractivity (Wildman–Crippen MR) is 248 cm³/mol. The van der Waals surface area contributed by atoms with Crippen molar-refractivity contribution in [3.05, 3.63) is 100 Å². The Balaban J connectivity index is 1.69. The summed E-state index contributed by atoms with van der Waals surface area (Å²) in [5.41, 5.74) is -0.132. The summed E-state index contributed by atoms with van der Waals surface area (Å²) in [6, 6.07) is 9.46. The number of unbranched alkanes of at least 4 members (excludes halogenated alkanes) is 2. The number of Topliss-reactive ketones (excluding diaryl/α,β-unsaturated/α-hetero) is 1. The van der Waals surface area contributed by atoms with Crippen LogP contribution in [0.2, 0.25) is 0 Å². The molecule has 1 aliphatic carbocycles. The summed E-state index contributed by atoms with van der Waals surface area (Å²) in [7, 11) is -13.4. The summed E-state index contributed by atoms with van der Waals surface area (Å²) in [6.07, 6.45) is 1.14. The lowest BCUT2D eigenvalue weighted by Crippen LogP contribution is -2.52. The maximum atomic E-state index is 14.8. The number of hydrogen-bond acceptors (Lipinski definition) is 10. The van der Waals surface area contributed by atoms with Gasteiger partial charge in [0.05, 0.1) is 21.8 Å². The molecule has 5 N–H and O–H groups in total. The summed E-state index contributed by atoms with van der Waals surface area (Å²) in [5.74, 6) is -5.76. The number of alkyl halides is 3. The molecule has 0 saturated heterocycles. The van der Waals surface area contributed by atoms with Crippen LogP contribution in [-0.4, -0.2) is 109 Å². The first-order valence-corrected chi connectivity index (χ1v) is 26.4. The number of allylic oxidation sites excluding steroid dienone is 8. The Morgan fingerprint density at radius 3 is 2.09 bits per heavy atom. The zero-order valence-corrected chi connectivity index (χ0v) is 40.7. The number of carbonyl (C=O) groups is 3. The number of carboxylic acids is 1. The molecule has 16 nitrogen and oxygen atoms in total. The van der Waals surface area contributed by atoms with Gasteiger partial charge in [0.2, 0.25) is 11.6 Å². The van der Waals surface area contributed by atoms with E-state index in [0.29, 0.717) is 29.1 Å². The second-order valence-electron chi connectivity index (χ2n) is 18.5. The standard InChI is InChI=1S/C46H56F3N3O13S3/c1-30-12-16-36-34(25-30)43(2,3)38(51(36)21-9-23-66(57,58)59)18-13-31-26-32(29-45(28-31,41(55)46(47,48)49)42(56)50-20-8-6-7-11-40(53)54)14-19-39-44(4,5)35-27-33(68(63,64)65)15-17-37(35)52(39)22-10-24-67(60,61)62/h12-19,25-27H,6-11,20-24,28-29H2,1-5H3,(H4-,50,53,54,56,57,58,59,60,61,62,63,64,65)/p+1. The zero-order chi connectivity index (χ0) is 50.8. The topological polar surface area (TPSA) is 253 Å². The maximum Gasteiger partial charge on any atom is 0.451 e. The van der Waals surface area contributed by atoms with Gasteiger partial charge in [-0.25, -0.2) is 0 Å². The van der Waals surface area contributed by atoms with Crippen LogP contribution in [0.4, 0.5) is 24.5 Å². The Bertz CT molecular complexity index is 2860. The second-order valence-corrected chi connectivity index (χ2v) is 23.0. The second kappa shape index (κ2) is 20.2. The number of aryl methyl sites for hydroxylation is 1. The lowest BCUT2D eigenvalue weighted by Gasteiger charge is -2.35. The van der Waals surface area contributed by atoms with Crippen molar-refractivity contribution in [2.45, 2.75) is 108 Å². The molecule has 0 bridgehead atoms. The van der Waals surface area contributed by atoms with Crippen LogP contribution in [0.15, 0.2) is 88.5 Å². The van der Waals surface area contributed by atoms with Crippen LogP contribution in [0.25, 0.3) is 0 Å². The number of fused-ring (bicyclic) bond motifs is 2. The molecule has 0 fully saturated rings. The summed E-state index contributed by atoms with van der Waals surface area (Å²) in [5, 5.41) is 11.5. The predicted octanol–water partition coefficient (Wildman–Crippen LogP) is 6.94. The number of rotatable bonds is 20. The van der Waals surface area contributed by atoms with Gasteiger partial charge in [-0.3, -0.25) is 28.0 Å². The van der Waals surface area contributed by atoms with E-state index in [0.717, 1.165) is 22.9 Å². The lowest BCUT2D eigenvalue weighted by molar-refractivity contribution is -0.437. The SMILES string of the molecule is Cc1ccc2c(c1)C(C)(C)C(=CC=C1C=C(C=CC3=[N+](CCCS(=O)(=O)O)c4ccc(S(=O)(=O)O)cc4C3(C)C)CC(C(=O)NCCCCCC(=O)O)(C(=O)C(F)(F)F)C1)N2CCCS(=O)(=O)O. The van der Waals surface area contributed by atoms with Crippen molar-refractivity contribution < 1.29 is 76.1 Å². The average Bonchev–Trinajstić information content (AvgIpc) is 3.55. The fourth-order valence-corrected chi connectivity index (χ4v) is 10.7.